The standard InChI is InChI=1S/C22H36O2/c1-15-6-9-20(2)16(14-15)4-5-17-18(20)7-10-21(3)19(17)8-11-22(21)23-12-13-24-22/h15-19H,4-14H2,1-3H3. The molecule has 1 spiro atoms. The van der Waals surface area contributed by atoms with E-state index in [1.807, 2.05) is 0 Å². The second-order valence-electron chi connectivity index (χ2n) is 10.5. The van der Waals surface area contributed by atoms with Gasteiger partial charge in [-0.1, -0.05) is 27.2 Å². The number of hydrogen-bond donors (Lipinski definition) is 0. The van der Waals surface area contributed by atoms with E-state index >= 15 is 0 Å². The fraction of sp³-hybridized carbons (Fsp3) is 1.00. The molecular weight excluding hydrogens is 296 g/mol. The Hall–Kier alpha value is -0.0800. The van der Waals surface area contributed by atoms with Crippen LogP contribution in [-0.2, 0) is 9.47 Å². The first-order valence-corrected chi connectivity index (χ1v) is 10.8. The van der Waals surface area contributed by atoms with Gasteiger partial charge in [0.25, 0.3) is 0 Å². The summed E-state index contributed by atoms with van der Waals surface area (Å²) in [7, 11) is 0. The van der Waals surface area contributed by atoms with Crippen molar-refractivity contribution in [3.05, 3.63) is 0 Å². The Bertz CT molecular complexity index is 510. The average molecular weight is 333 g/mol. The first kappa shape index (κ1) is 16.1. The third-order valence-electron chi connectivity index (χ3n) is 9.73. The molecule has 4 saturated carbocycles. The molecule has 136 valence electrons. The molecule has 1 heterocycles. The zero-order valence-electron chi connectivity index (χ0n) is 16.0. The third kappa shape index (κ3) is 1.91. The molecule has 24 heavy (non-hydrogen) atoms. The van der Waals surface area contributed by atoms with Gasteiger partial charge in [-0.3, -0.25) is 0 Å². The van der Waals surface area contributed by atoms with Crippen LogP contribution in [0, 0.1) is 40.4 Å². The minimum Gasteiger partial charge on any atom is -0.347 e. The molecule has 7 atom stereocenters. The lowest BCUT2D eigenvalue weighted by molar-refractivity contribution is -0.247. The smallest absolute Gasteiger partial charge is 0.174 e. The van der Waals surface area contributed by atoms with Gasteiger partial charge in [-0.2, -0.15) is 0 Å². The molecule has 5 rings (SSSR count). The maximum Gasteiger partial charge on any atom is 0.174 e. The summed E-state index contributed by atoms with van der Waals surface area (Å²) in [6.07, 6.45) is 12.7. The molecule has 0 radical (unpaired) electrons. The molecule has 0 aromatic heterocycles. The Kier molecular flexibility index (Phi) is 3.51. The molecule has 0 aromatic rings. The summed E-state index contributed by atoms with van der Waals surface area (Å²) in [5.41, 5.74) is 0.903. The van der Waals surface area contributed by atoms with Crippen LogP contribution in [-0.4, -0.2) is 19.0 Å². The van der Waals surface area contributed by atoms with Gasteiger partial charge in [-0.05, 0) is 80.0 Å². The first-order valence-electron chi connectivity index (χ1n) is 10.8. The van der Waals surface area contributed by atoms with Crippen LogP contribution in [0.5, 0.6) is 0 Å². The summed E-state index contributed by atoms with van der Waals surface area (Å²) in [6, 6.07) is 0. The maximum atomic E-state index is 6.28. The summed E-state index contributed by atoms with van der Waals surface area (Å²) < 4.78 is 12.6. The van der Waals surface area contributed by atoms with Gasteiger partial charge in [0.15, 0.2) is 5.79 Å². The summed E-state index contributed by atoms with van der Waals surface area (Å²) in [5, 5.41) is 0. The number of fused-ring (bicyclic) bond motifs is 6. The minimum atomic E-state index is -0.221. The van der Waals surface area contributed by atoms with E-state index in [9.17, 15) is 0 Å². The fourth-order valence-corrected chi connectivity index (χ4v) is 8.36. The summed E-state index contributed by atoms with van der Waals surface area (Å²) in [5.74, 6) is 4.49. The molecule has 0 bridgehead atoms. The second-order valence-corrected chi connectivity index (χ2v) is 10.5. The number of hydrogen-bond acceptors (Lipinski definition) is 2. The predicted molar refractivity (Wildman–Crippen MR) is 95.5 cm³/mol. The zero-order chi connectivity index (χ0) is 16.6. The minimum absolute atomic E-state index is 0.221. The van der Waals surface area contributed by atoms with E-state index in [0.29, 0.717) is 5.41 Å². The quantitative estimate of drug-likeness (QED) is 0.590. The van der Waals surface area contributed by atoms with Crippen LogP contribution in [0.2, 0.25) is 0 Å². The van der Waals surface area contributed by atoms with Gasteiger partial charge in [-0.15, -0.1) is 0 Å². The molecular formula is C22H36O2. The SMILES string of the molecule is CC1CCC2(C)C(CCC3C2CCC2(C)C3CCC23OCCO3)C1. The Morgan fingerprint density at radius 3 is 2.33 bits per heavy atom. The van der Waals surface area contributed by atoms with Crippen molar-refractivity contribution >= 4 is 0 Å². The lowest BCUT2D eigenvalue weighted by atomic mass is 9.44. The van der Waals surface area contributed by atoms with Crippen molar-refractivity contribution in [1.29, 1.82) is 0 Å². The van der Waals surface area contributed by atoms with E-state index in [-0.39, 0.29) is 11.2 Å². The normalized spacial score (nSPS) is 55.9. The molecule has 2 nitrogen and oxygen atoms in total. The molecule has 0 N–H and O–H groups in total. The van der Waals surface area contributed by atoms with Crippen LogP contribution in [0.4, 0.5) is 0 Å². The van der Waals surface area contributed by atoms with E-state index in [4.69, 9.17) is 9.47 Å². The van der Waals surface area contributed by atoms with Crippen LogP contribution in [0.15, 0.2) is 0 Å². The van der Waals surface area contributed by atoms with Crippen molar-refractivity contribution in [1.82, 2.24) is 0 Å². The van der Waals surface area contributed by atoms with Crippen molar-refractivity contribution in [2.75, 3.05) is 13.2 Å². The predicted octanol–water partition coefficient (Wildman–Crippen LogP) is 5.41. The Balaban J connectivity index is 1.45. The topological polar surface area (TPSA) is 18.5 Å². The van der Waals surface area contributed by atoms with Crippen LogP contribution >= 0.6 is 0 Å². The van der Waals surface area contributed by atoms with Crippen molar-refractivity contribution < 1.29 is 9.47 Å². The van der Waals surface area contributed by atoms with Crippen LogP contribution in [0.3, 0.4) is 0 Å². The van der Waals surface area contributed by atoms with Crippen LogP contribution < -0.4 is 0 Å². The Morgan fingerprint density at radius 1 is 0.792 bits per heavy atom. The van der Waals surface area contributed by atoms with Crippen molar-refractivity contribution in [3.8, 4) is 0 Å². The maximum absolute atomic E-state index is 6.28. The molecule has 0 amide bonds. The second kappa shape index (κ2) is 5.22. The highest BCUT2D eigenvalue weighted by atomic mass is 16.7. The van der Waals surface area contributed by atoms with Gasteiger partial charge in [0.2, 0.25) is 0 Å². The molecule has 0 aromatic carbocycles. The van der Waals surface area contributed by atoms with Gasteiger partial charge < -0.3 is 9.47 Å². The fourth-order valence-electron chi connectivity index (χ4n) is 8.36. The van der Waals surface area contributed by atoms with Gasteiger partial charge in [-0.25, -0.2) is 0 Å². The summed E-state index contributed by atoms with van der Waals surface area (Å²) in [6.45, 7) is 9.31. The molecule has 4 aliphatic carbocycles. The zero-order valence-corrected chi connectivity index (χ0v) is 16.0. The average Bonchev–Trinajstić information content (AvgIpc) is 3.15. The van der Waals surface area contributed by atoms with Crippen molar-refractivity contribution in [2.45, 2.75) is 84.3 Å². The Labute approximate surface area is 148 Å². The van der Waals surface area contributed by atoms with E-state index in [1.54, 1.807) is 0 Å². The van der Waals surface area contributed by atoms with Crippen molar-refractivity contribution in [3.63, 3.8) is 0 Å². The molecule has 5 aliphatic rings. The number of ether oxygens (including phenoxy) is 2. The van der Waals surface area contributed by atoms with E-state index in [1.165, 1.54) is 51.4 Å². The summed E-state index contributed by atoms with van der Waals surface area (Å²) >= 11 is 0. The molecule has 2 heteroatoms. The van der Waals surface area contributed by atoms with Gasteiger partial charge in [0.1, 0.15) is 0 Å². The molecule has 5 fully saturated rings. The number of rotatable bonds is 0. The summed E-state index contributed by atoms with van der Waals surface area (Å²) in [4.78, 5) is 0. The van der Waals surface area contributed by atoms with E-state index < -0.39 is 0 Å². The van der Waals surface area contributed by atoms with Crippen LogP contribution in [0.1, 0.15) is 78.6 Å². The molecule has 7 unspecified atom stereocenters. The van der Waals surface area contributed by atoms with Gasteiger partial charge >= 0.3 is 0 Å². The lowest BCUT2D eigenvalue weighted by Gasteiger charge is -2.61. The van der Waals surface area contributed by atoms with Crippen molar-refractivity contribution in [2.24, 2.45) is 40.4 Å². The highest BCUT2D eigenvalue weighted by Gasteiger charge is 2.67. The largest absolute Gasteiger partial charge is 0.347 e. The molecule has 1 aliphatic heterocycles. The highest BCUT2D eigenvalue weighted by Crippen LogP contribution is 2.69. The van der Waals surface area contributed by atoms with Crippen LogP contribution in [0.25, 0.3) is 0 Å². The lowest BCUT2D eigenvalue weighted by Crippen LogP contribution is -2.56. The van der Waals surface area contributed by atoms with E-state index in [0.717, 1.165) is 49.2 Å². The Morgan fingerprint density at radius 2 is 1.54 bits per heavy atom. The third-order valence-corrected chi connectivity index (χ3v) is 9.73. The van der Waals surface area contributed by atoms with E-state index in [2.05, 4.69) is 20.8 Å². The molecule has 1 saturated heterocycles. The van der Waals surface area contributed by atoms with Gasteiger partial charge in [0.05, 0.1) is 13.2 Å². The highest BCUT2D eigenvalue weighted by molar-refractivity contribution is 5.12. The first-order chi connectivity index (χ1) is 11.5. The van der Waals surface area contributed by atoms with Gasteiger partial charge in [0, 0.05) is 11.8 Å². The monoisotopic (exact) mass is 332 g/mol.